The molecule has 0 aliphatic rings. The largest absolute Gasteiger partial charge is 0.465 e. The molecule has 0 bridgehead atoms. The third-order valence-corrected chi connectivity index (χ3v) is 1.64. The lowest BCUT2D eigenvalue weighted by atomic mass is 10.2. The normalized spacial score (nSPS) is 9.58. The van der Waals surface area contributed by atoms with Gasteiger partial charge in [0.25, 0.3) is 0 Å². The summed E-state index contributed by atoms with van der Waals surface area (Å²) < 4.78 is 17.3. The maximum Gasteiger partial charge on any atom is 0.340 e. The first-order valence-electron chi connectivity index (χ1n) is 3.22. The number of thiol groups is 1. The molecule has 1 rings (SSSR count). The Bertz CT molecular complexity index is 312. The smallest absolute Gasteiger partial charge is 0.340 e. The van der Waals surface area contributed by atoms with Crippen LogP contribution in [0.5, 0.6) is 0 Å². The Morgan fingerprint density at radius 3 is 2.75 bits per heavy atom. The van der Waals surface area contributed by atoms with Gasteiger partial charge in [-0.1, -0.05) is 0 Å². The highest BCUT2D eigenvalue weighted by atomic mass is 32.1. The van der Waals surface area contributed by atoms with Crippen molar-refractivity contribution in [1.29, 1.82) is 0 Å². The number of ether oxygens (including phenoxy) is 1. The molecule has 0 spiro atoms. The highest BCUT2D eigenvalue weighted by molar-refractivity contribution is 7.80. The number of carbonyl (C=O) groups is 1. The monoisotopic (exact) mass is 186 g/mol. The van der Waals surface area contributed by atoms with E-state index in [2.05, 4.69) is 17.4 Å². The van der Waals surface area contributed by atoms with Crippen molar-refractivity contribution in [1.82, 2.24) is 0 Å². The van der Waals surface area contributed by atoms with Crippen LogP contribution in [0.1, 0.15) is 10.4 Å². The third kappa shape index (κ3) is 1.76. The van der Waals surface area contributed by atoms with E-state index in [4.69, 9.17) is 0 Å². The fourth-order valence-electron chi connectivity index (χ4n) is 0.780. The van der Waals surface area contributed by atoms with E-state index in [1.807, 2.05) is 0 Å². The lowest BCUT2D eigenvalue weighted by Crippen LogP contribution is -2.03. The maximum absolute atomic E-state index is 12.9. The standard InChI is InChI=1S/C8H7FO2S/c1-11-8(10)6-3-2-5(12)4-7(6)9/h2-4,12H,1H3. The Kier molecular flexibility index (Phi) is 2.70. The molecule has 2 nitrogen and oxygen atoms in total. The molecule has 64 valence electrons. The maximum atomic E-state index is 12.9. The van der Waals surface area contributed by atoms with Crippen molar-refractivity contribution in [2.75, 3.05) is 7.11 Å². The summed E-state index contributed by atoms with van der Waals surface area (Å²) in [5.74, 6) is -1.30. The Labute approximate surface area is 74.8 Å². The lowest BCUT2D eigenvalue weighted by molar-refractivity contribution is 0.0595. The van der Waals surface area contributed by atoms with Crippen LogP contribution in [0.15, 0.2) is 23.1 Å². The molecule has 0 atom stereocenters. The molecule has 4 heteroatoms. The van der Waals surface area contributed by atoms with Crippen LogP contribution in [0.2, 0.25) is 0 Å². The van der Waals surface area contributed by atoms with Crippen molar-refractivity contribution in [2.45, 2.75) is 4.90 Å². The molecule has 0 fully saturated rings. The SMILES string of the molecule is COC(=O)c1ccc(S)cc1F. The van der Waals surface area contributed by atoms with Gasteiger partial charge in [0.1, 0.15) is 5.82 Å². The average molecular weight is 186 g/mol. The van der Waals surface area contributed by atoms with E-state index < -0.39 is 11.8 Å². The fourth-order valence-corrected chi connectivity index (χ4v) is 0.967. The van der Waals surface area contributed by atoms with Gasteiger partial charge in [0.2, 0.25) is 0 Å². The van der Waals surface area contributed by atoms with Gasteiger partial charge in [-0.3, -0.25) is 0 Å². The van der Waals surface area contributed by atoms with Crippen LogP contribution >= 0.6 is 12.6 Å². The summed E-state index contributed by atoms with van der Waals surface area (Å²) in [6.45, 7) is 0. The Balaban J connectivity index is 3.09. The molecule has 0 aliphatic carbocycles. The molecule has 0 saturated heterocycles. The number of carbonyl (C=O) groups excluding carboxylic acids is 1. The van der Waals surface area contributed by atoms with Gasteiger partial charge in [-0.25, -0.2) is 9.18 Å². The molecule has 0 saturated carbocycles. The molecular formula is C8H7FO2S. The van der Waals surface area contributed by atoms with Crippen LogP contribution in [-0.2, 0) is 4.74 Å². The topological polar surface area (TPSA) is 26.3 Å². The first-order chi connectivity index (χ1) is 5.65. The van der Waals surface area contributed by atoms with Crippen molar-refractivity contribution in [2.24, 2.45) is 0 Å². The summed E-state index contributed by atoms with van der Waals surface area (Å²) in [7, 11) is 1.20. The molecule has 0 amide bonds. The number of hydrogen-bond acceptors (Lipinski definition) is 3. The molecular weight excluding hydrogens is 179 g/mol. The zero-order valence-electron chi connectivity index (χ0n) is 6.37. The second-order valence-corrected chi connectivity index (χ2v) is 2.67. The summed E-state index contributed by atoms with van der Waals surface area (Å²) in [4.78, 5) is 11.3. The van der Waals surface area contributed by atoms with Crippen LogP contribution in [-0.4, -0.2) is 13.1 Å². The van der Waals surface area contributed by atoms with Crippen LogP contribution < -0.4 is 0 Å². The number of benzene rings is 1. The zero-order chi connectivity index (χ0) is 9.14. The van der Waals surface area contributed by atoms with E-state index in [9.17, 15) is 9.18 Å². The van der Waals surface area contributed by atoms with Crippen LogP contribution in [0, 0.1) is 5.82 Å². The first-order valence-corrected chi connectivity index (χ1v) is 3.66. The number of methoxy groups -OCH3 is 1. The van der Waals surface area contributed by atoms with Crippen molar-refractivity contribution >= 4 is 18.6 Å². The van der Waals surface area contributed by atoms with Gasteiger partial charge in [0, 0.05) is 4.90 Å². The first kappa shape index (κ1) is 9.06. The highest BCUT2D eigenvalue weighted by Gasteiger charge is 2.10. The third-order valence-electron chi connectivity index (χ3n) is 1.36. The van der Waals surface area contributed by atoms with Gasteiger partial charge in [-0.2, -0.15) is 0 Å². The minimum atomic E-state index is -0.680. The minimum Gasteiger partial charge on any atom is -0.465 e. The summed E-state index contributed by atoms with van der Waals surface area (Å²) >= 11 is 3.91. The number of hydrogen-bond donors (Lipinski definition) is 1. The lowest BCUT2D eigenvalue weighted by Gasteiger charge is -2.00. The van der Waals surface area contributed by atoms with E-state index in [0.717, 1.165) is 6.07 Å². The molecule has 0 unspecified atom stereocenters. The van der Waals surface area contributed by atoms with E-state index in [1.165, 1.54) is 19.2 Å². The zero-order valence-corrected chi connectivity index (χ0v) is 7.27. The Morgan fingerprint density at radius 1 is 1.58 bits per heavy atom. The fraction of sp³-hybridized carbons (Fsp3) is 0.125. The molecule has 0 N–H and O–H groups in total. The van der Waals surface area contributed by atoms with Crippen LogP contribution in [0.3, 0.4) is 0 Å². The van der Waals surface area contributed by atoms with Crippen LogP contribution in [0.4, 0.5) is 4.39 Å². The molecule has 0 aromatic heterocycles. The Morgan fingerprint density at radius 2 is 2.25 bits per heavy atom. The molecule has 12 heavy (non-hydrogen) atoms. The Hall–Kier alpha value is -1.03. The van der Waals surface area contributed by atoms with Gasteiger partial charge in [-0.15, -0.1) is 12.6 Å². The van der Waals surface area contributed by atoms with Crippen molar-refractivity contribution in [3.8, 4) is 0 Å². The molecule has 0 heterocycles. The summed E-state index contributed by atoms with van der Waals surface area (Å²) in [6, 6.07) is 4.03. The number of rotatable bonds is 1. The quantitative estimate of drug-likeness (QED) is 0.535. The van der Waals surface area contributed by atoms with Crippen molar-refractivity contribution in [3.63, 3.8) is 0 Å². The highest BCUT2D eigenvalue weighted by Crippen LogP contribution is 2.13. The van der Waals surface area contributed by atoms with Gasteiger partial charge in [0.05, 0.1) is 12.7 Å². The van der Waals surface area contributed by atoms with Crippen molar-refractivity contribution in [3.05, 3.63) is 29.6 Å². The van der Waals surface area contributed by atoms with Crippen molar-refractivity contribution < 1.29 is 13.9 Å². The van der Waals surface area contributed by atoms with Crippen LogP contribution in [0.25, 0.3) is 0 Å². The molecule has 0 aliphatic heterocycles. The van der Waals surface area contributed by atoms with E-state index in [0.29, 0.717) is 4.90 Å². The van der Waals surface area contributed by atoms with E-state index >= 15 is 0 Å². The second kappa shape index (κ2) is 3.58. The number of halogens is 1. The van der Waals surface area contributed by atoms with Gasteiger partial charge in [-0.05, 0) is 18.2 Å². The molecule has 0 radical (unpaired) electrons. The minimum absolute atomic E-state index is 0.0738. The summed E-state index contributed by atoms with van der Waals surface area (Å²) in [5, 5.41) is 0. The second-order valence-electron chi connectivity index (χ2n) is 2.16. The predicted molar refractivity (Wildman–Crippen MR) is 45.0 cm³/mol. The van der Waals surface area contributed by atoms with E-state index in [1.54, 1.807) is 0 Å². The predicted octanol–water partition coefficient (Wildman–Crippen LogP) is 1.90. The molecule has 1 aromatic rings. The van der Waals surface area contributed by atoms with Gasteiger partial charge < -0.3 is 4.74 Å². The summed E-state index contributed by atoms with van der Waals surface area (Å²) in [6.07, 6.45) is 0. The van der Waals surface area contributed by atoms with Gasteiger partial charge >= 0.3 is 5.97 Å². The van der Waals surface area contributed by atoms with Gasteiger partial charge in [0.15, 0.2) is 0 Å². The average Bonchev–Trinajstić information content (AvgIpc) is 2.03. The number of esters is 1. The van der Waals surface area contributed by atoms with E-state index in [-0.39, 0.29) is 5.56 Å². The summed E-state index contributed by atoms with van der Waals surface area (Å²) in [5.41, 5.74) is -0.0738. The molecule has 1 aromatic carbocycles.